The van der Waals surface area contributed by atoms with Gasteiger partial charge in [-0.05, 0) is 25.1 Å². The number of rotatable bonds is 5. The minimum atomic E-state index is -0.981. The number of nitrogens with one attached hydrogen (secondary N) is 1. The first-order valence-corrected chi connectivity index (χ1v) is 3.96. The van der Waals surface area contributed by atoms with Gasteiger partial charge in [0.05, 0.1) is 0 Å². The molecule has 0 aromatic heterocycles. The second-order valence-corrected chi connectivity index (χ2v) is 2.82. The molecule has 0 heterocycles. The van der Waals surface area contributed by atoms with Crippen LogP contribution in [0.2, 0.25) is 0 Å². The van der Waals surface area contributed by atoms with Crippen molar-refractivity contribution < 1.29 is 9.90 Å². The van der Waals surface area contributed by atoms with Gasteiger partial charge in [0.15, 0.2) is 5.11 Å². The number of thiocarbonyl (C=S) groups is 1. The van der Waals surface area contributed by atoms with Crippen molar-refractivity contribution >= 4 is 48.1 Å². The summed E-state index contributed by atoms with van der Waals surface area (Å²) in [5.74, 6) is -0.981. The van der Waals surface area contributed by atoms with Crippen molar-refractivity contribution in [2.75, 3.05) is 6.54 Å². The summed E-state index contributed by atoms with van der Waals surface area (Å²) in [4.78, 5) is 10.2. The largest absolute Gasteiger partial charge is 0.480 e. The summed E-state index contributed by atoms with van der Waals surface area (Å²) >= 11 is 4.55. The number of hydrogen-bond acceptors (Lipinski definition) is 3. The Kier molecular flexibility index (Phi) is 14.9. The molecule has 6 N–H and O–H groups in total. The average molecular weight is 264 g/mol. The van der Waals surface area contributed by atoms with Gasteiger partial charge in [0.1, 0.15) is 6.04 Å². The van der Waals surface area contributed by atoms with E-state index in [1.807, 2.05) is 0 Å². The van der Waals surface area contributed by atoms with Crippen molar-refractivity contribution in [3.8, 4) is 0 Å². The highest BCUT2D eigenvalue weighted by Crippen LogP contribution is 1.92. The van der Waals surface area contributed by atoms with Crippen molar-refractivity contribution in [3.63, 3.8) is 0 Å². The number of nitrogens with two attached hydrogens (primary N) is 2. The smallest absolute Gasteiger partial charge is 0.320 e. The Hall–Kier alpha value is -0.300. The van der Waals surface area contributed by atoms with E-state index < -0.39 is 12.0 Å². The second-order valence-electron chi connectivity index (χ2n) is 2.38. The molecule has 0 radical (unpaired) electrons. The molecular weight excluding hydrogens is 249 g/mol. The van der Waals surface area contributed by atoms with Crippen LogP contribution in [0.25, 0.3) is 0 Å². The van der Waals surface area contributed by atoms with Gasteiger partial charge in [0, 0.05) is 6.54 Å². The van der Waals surface area contributed by atoms with Gasteiger partial charge in [-0.1, -0.05) is 0 Å². The van der Waals surface area contributed by atoms with E-state index in [0.29, 0.717) is 19.4 Å². The summed E-state index contributed by atoms with van der Waals surface area (Å²) in [6, 6.07) is -0.793. The number of halogens is 2. The number of aliphatic carboxylic acids is 1. The standard InChI is InChI=1S/C6H13N3O2S.2ClH/c7-4(5(10)11)2-1-3-9-6(8)12;;/h4H,1-3,7H2,(H,10,11)(H3,8,9,12);2*1H/t4-;;/m0../s1. The molecular formula is C6H15Cl2N3O2S. The molecule has 0 fully saturated rings. The first kappa shape index (κ1) is 19.3. The summed E-state index contributed by atoms with van der Waals surface area (Å²) < 4.78 is 0. The molecule has 0 saturated carbocycles. The Labute approximate surface area is 100 Å². The van der Waals surface area contributed by atoms with Gasteiger partial charge in [-0.3, -0.25) is 4.79 Å². The van der Waals surface area contributed by atoms with E-state index >= 15 is 0 Å². The lowest BCUT2D eigenvalue weighted by atomic mass is 10.2. The normalized spacial score (nSPS) is 10.4. The molecule has 0 unspecified atom stereocenters. The summed E-state index contributed by atoms with van der Waals surface area (Å²) in [5, 5.41) is 11.3. The third-order valence-corrected chi connectivity index (χ3v) is 1.45. The topological polar surface area (TPSA) is 101 Å². The summed E-state index contributed by atoms with van der Waals surface area (Å²) in [6.07, 6.45) is 1.07. The van der Waals surface area contributed by atoms with Gasteiger partial charge in [0.25, 0.3) is 0 Å². The zero-order valence-electron chi connectivity index (χ0n) is 7.43. The number of carbonyl (C=O) groups is 1. The molecule has 0 spiro atoms. The van der Waals surface area contributed by atoms with E-state index in [1.165, 1.54) is 0 Å². The fourth-order valence-electron chi connectivity index (χ4n) is 0.657. The van der Waals surface area contributed by atoms with Gasteiger partial charge < -0.3 is 21.9 Å². The third-order valence-electron chi connectivity index (χ3n) is 1.31. The first-order chi connectivity index (χ1) is 5.54. The molecule has 0 amide bonds. The molecule has 0 aliphatic carbocycles. The molecule has 86 valence electrons. The van der Waals surface area contributed by atoms with Crippen LogP contribution in [0.4, 0.5) is 0 Å². The number of hydrogen-bond donors (Lipinski definition) is 4. The molecule has 0 bridgehead atoms. The van der Waals surface area contributed by atoms with Crippen LogP contribution in [0.15, 0.2) is 0 Å². The maximum absolute atomic E-state index is 10.2. The fourth-order valence-corrected chi connectivity index (χ4v) is 0.759. The van der Waals surface area contributed by atoms with E-state index in [1.54, 1.807) is 0 Å². The molecule has 0 saturated heterocycles. The zero-order chi connectivity index (χ0) is 9.56. The summed E-state index contributed by atoms with van der Waals surface area (Å²) in [5.41, 5.74) is 10.4. The molecule has 0 aromatic rings. The Balaban J connectivity index is -0.000000605. The molecule has 0 aliphatic heterocycles. The van der Waals surface area contributed by atoms with E-state index in [4.69, 9.17) is 16.6 Å². The van der Waals surface area contributed by atoms with Crippen molar-refractivity contribution in [3.05, 3.63) is 0 Å². The first-order valence-electron chi connectivity index (χ1n) is 3.55. The van der Waals surface area contributed by atoms with Crippen molar-refractivity contribution in [1.82, 2.24) is 5.32 Å². The summed E-state index contributed by atoms with van der Waals surface area (Å²) in [7, 11) is 0. The Morgan fingerprint density at radius 1 is 1.50 bits per heavy atom. The van der Waals surface area contributed by atoms with Crippen LogP contribution in [-0.4, -0.2) is 28.8 Å². The molecule has 0 rings (SSSR count). The van der Waals surface area contributed by atoms with Crippen molar-refractivity contribution in [2.45, 2.75) is 18.9 Å². The van der Waals surface area contributed by atoms with E-state index in [9.17, 15) is 4.79 Å². The molecule has 8 heteroatoms. The van der Waals surface area contributed by atoms with Crippen LogP contribution in [0.3, 0.4) is 0 Å². The van der Waals surface area contributed by atoms with Gasteiger partial charge in [-0.2, -0.15) is 0 Å². The Bertz CT molecular complexity index is 182. The molecule has 0 aliphatic rings. The van der Waals surface area contributed by atoms with E-state index in [-0.39, 0.29) is 29.9 Å². The Morgan fingerprint density at radius 3 is 2.36 bits per heavy atom. The summed E-state index contributed by atoms with van der Waals surface area (Å²) in [6.45, 7) is 0.566. The number of carboxylic acids is 1. The lowest BCUT2D eigenvalue weighted by Crippen LogP contribution is -2.33. The number of carboxylic acid groups (broad SMARTS) is 1. The maximum atomic E-state index is 10.2. The predicted octanol–water partition coefficient (Wildman–Crippen LogP) is -0.145. The highest BCUT2D eigenvalue weighted by molar-refractivity contribution is 7.80. The quantitative estimate of drug-likeness (QED) is 0.407. The molecule has 14 heavy (non-hydrogen) atoms. The maximum Gasteiger partial charge on any atom is 0.320 e. The van der Waals surface area contributed by atoms with Crippen LogP contribution in [0, 0.1) is 0 Å². The van der Waals surface area contributed by atoms with Crippen LogP contribution in [0.5, 0.6) is 0 Å². The fraction of sp³-hybridized carbons (Fsp3) is 0.667. The van der Waals surface area contributed by atoms with Gasteiger partial charge in [-0.25, -0.2) is 0 Å². The lowest BCUT2D eigenvalue weighted by Gasteiger charge is -2.06. The monoisotopic (exact) mass is 263 g/mol. The van der Waals surface area contributed by atoms with Crippen molar-refractivity contribution in [1.29, 1.82) is 0 Å². The van der Waals surface area contributed by atoms with E-state index in [2.05, 4.69) is 17.5 Å². The van der Waals surface area contributed by atoms with E-state index in [0.717, 1.165) is 0 Å². The van der Waals surface area contributed by atoms with Gasteiger partial charge in [-0.15, -0.1) is 24.8 Å². The lowest BCUT2D eigenvalue weighted by molar-refractivity contribution is -0.138. The van der Waals surface area contributed by atoms with Crippen molar-refractivity contribution in [2.24, 2.45) is 11.5 Å². The van der Waals surface area contributed by atoms with Crippen LogP contribution in [-0.2, 0) is 4.79 Å². The second kappa shape index (κ2) is 10.8. The van der Waals surface area contributed by atoms with Crippen LogP contribution in [0.1, 0.15) is 12.8 Å². The van der Waals surface area contributed by atoms with Crippen LogP contribution < -0.4 is 16.8 Å². The highest BCUT2D eigenvalue weighted by atomic mass is 35.5. The highest BCUT2D eigenvalue weighted by Gasteiger charge is 2.09. The van der Waals surface area contributed by atoms with Gasteiger partial charge in [0.2, 0.25) is 0 Å². The zero-order valence-corrected chi connectivity index (χ0v) is 9.88. The SMILES string of the molecule is Cl.Cl.NC(=S)NCCC[C@H](N)C(=O)O. The minimum Gasteiger partial charge on any atom is -0.480 e. The average Bonchev–Trinajstić information content (AvgIpc) is 1.97. The third kappa shape index (κ3) is 11.7. The molecule has 5 nitrogen and oxygen atoms in total. The van der Waals surface area contributed by atoms with Gasteiger partial charge >= 0.3 is 5.97 Å². The molecule has 1 atom stereocenters. The predicted molar refractivity (Wildman–Crippen MR) is 64.1 cm³/mol. The van der Waals surface area contributed by atoms with Crippen LogP contribution >= 0.6 is 37.0 Å². The Morgan fingerprint density at radius 2 is 2.00 bits per heavy atom. The minimum absolute atomic E-state index is 0. The molecule has 0 aromatic carbocycles.